The lowest BCUT2D eigenvalue weighted by atomic mass is 10.2. The molecule has 0 aliphatic rings. The van der Waals surface area contributed by atoms with E-state index in [-0.39, 0.29) is 11.6 Å². The second-order valence-electron chi connectivity index (χ2n) is 4.88. The van der Waals surface area contributed by atoms with Gasteiger partial charge < -0.3 is 4.90 Å². The molecule has 0 N–H and O–H groups in total. The fourth-order valence-electron chi connectivity index (χ4n) is 2.08. The van der Waals surface area contributed by atoms with E-state index in [9.17, 15) is 12.8 Å². The minimum Gasteiger partial charge on any atom is -0.370 e. The van der Waals surface area contributed by atoms with Crippen molar-refractivity contribution in [1.29, 1.82) is 0 Å². The van der Waals surface area contributed by atoms with E-state index in [1.54, 1.807) is 37.3 Å². The van der Waals surface area contributed by atoms with Crippen LogP contribution in [0.1, 0.15) is 12.5 Å². The smallest absolute Gasteiger partial charge is 0.178 e. The fraction of sp³-hybridized carbons (Fsp3) is 0.250. The van der Waals surface area contributed by atoms with E-state index in [1.807, 2.05) is 18.0 Å². The van der Waals surface area contributed by atoms with Gasteiger partial charge in [-0.1, -0.05) is 19.1 Å². The second kappa shape index (κ2) is 6.26. The maximum Gasteiger partial charge on any atom is 0.178 e. The van der Waals surface area contributed by atoms with Crippen molar-refractivity contribution >= 4 is 15.5 Å². The Kier molecular flexibility index (Phi) is 4.63. The van der Waals surface area contributed by atoms with Gasteiger partial charge in [0.25, 0.3) is 0 Å². The molecule has 0 aromatic heterocycles. The van der Waals surface area contributed by atoms with Crippen molar-refractivity contribution < 1.29 is 12.8 Å². The van der Waals surface area contributed by atoms with Crippen molar-refractivity contribution in [2.75, 3.05) is 17.7 Å². The van der Waals surface area contributed by atoms with Crippen LogP contribution in [0.4, 0.5) is 10.1 Å². The van der Waals surface area contributed by atoms with E-state index >= 15 is 0 Å². The molecule has 0 heterocycles. The number of benzene rings is 2. The predicted molar refractivity (Wildman–Crippen MR) is 82.7 cm³/mol. The minimum atomic E-state index is -3.17. The van der Waals surface area contributed by atoms with Gasteiger partial charge in [-0.25, -0.2) is 12.8 Å². The van der Waals surface area contributed by atoms with Gasteiger partial charge in [-0.3, -0.25) is 0 Å². The van der Waals surface area contributed by atoms with Crippen molar-refractivity contribution in [3.63, 3.8) is 0 Å². The minimum absolute atomic E-state index is 0.0888. The highest BCUT2D eigenvalue weighted by Gasteiger charge is 2.11. The lowest BCUT2D eigenvalue weighted by Gasteiger charge is -2.19. The van der Waals surface area contributed by atoms with Gasteiger partial charge in [0.05, 0.1) is 10.6 Å². The van der Waals surface area contributed by atoms with Crippen molar-refractivity contribution in [3.8, 4) is 0 Å². The molecule has 112 valence electrons. The number of hydrogen-bond donors (Lipinski definition) is 0. The van der Waals surface area contributed by atoms with Gasteiger partial charge >= 0.3 is 0 Å². The molecule has 0 bridgehead atoms. The summed E-state index contributed by atoms with van der Waals surface area (Å²) >= 11 is 0. The van der Waals surface area contributed by atoms with E-state index in [4.69, 9.17) is 0 Å². The summed E-state index contributed by atoms with van der Waals surface area (Å²) < 4.78 is 36.7. The molecule has 0 saturated carbocycles. The van der Waals surface area contributed by atoms with E-state index < -0.39 is 9.84 Å². The molecular weight excluding hydrogens is 289 g/mol. The van der Waals surface area contributed by atoms with Crippen molar-refractivity contribution in [1.82, 2.24) is 0 Å². The van der Waals surface area contributed by atoms with Gasteiger partial charge in [0.1, 0.15) is 5.82 Å². The molecule has 0 spiro atoms. The van der Waals surface area contributed by atoms with Crippen molar-refractivity contribution in [2.24, 2.45) is 0 Å². The Labute approximate surface area is 124 Å². The van der Waals surface area contributed by atoms with Crippen LogP contribution >= 0.6 is 0 Å². The zero-order valence-corrected chi connectivity index (χ0v) is 12.9. The Morgan fingerprint density at radius 2 is 1.76 bits per heavy atom. The molecule has 2 aromatic rings. The highest BCUT2D eigenvalue weighted by molar-refractivity contribution is 7.91. The Bertz CT molecular complexity index is 711. The quantitative estimate of drug-likeness (QED) is 0.851. The third-order valence-corrected chi connectivity index (χ3v) is 5.08. The topological polar surface area (TPSA) is 37.4 Å². The summed E-state index contributed by atoms with van der Waals surface area (Å²) in [6, 6.07) is 13.2. The van der Waals surface area contributed by atoms with Crippen LogP contribution in [0.5, 0.6) is 0 Å². The van der Waals surface area contributed by atoms with Crippen LogP contribution in [0, 0.1) is 5.82 Å². The normalized spacial score (nSPS) is 11.4. The largest absolute Gasteiger partial charge is 0.370 e. The van der Waals surface area contributed by atoms with E-state index in [0.29, 0.717) is 11.4 Å². The van der Waals surface area contributed by atoms with Crippen LogP contribution < -0.4 is 4.90 Å². The molecule has 0 saturated heterocycles. The van der Waals surface area contributed by atoms with Gasteiger partial charge in [0.15, 0.2) is 9.84 Å². The second-order valence-corrected chi connectivity index (χ2v) is 7.16. The van der Waals surface area contributed by atoms with Gasteiger partial charge in [0, 0.05) is 19.3 Å². The molecule has 0 unspecified atom stereocenters. The molecule has 0 fully saturated rings. The van der Waals surface area contributed by atoms with Gasteiger partial charge in [-0.2, -0.15) is 0 Å². The fourth-order valence-corrected chi connectivity index (χ4v) is 2.96. The lowest BCUT2D eigenvalue weighted by molar-refractivity contribution is 0.597. The van der Waals surface area contributed by atoms with Gasteiger partial charge in [-0.15, -0.1) is 0 Å². The first-order chi connectivity index (χ1) is 9.92. The van der Waals surface area contributed by atoms with E-state index in [1.165, 1.54) is 12.1 Å². The molecule has 0 atom stereocenters. The van der Waals surface area contributed by atoms with Gasteiger partial charge in [-0.05, 0) is 42.0 Å². The predicted octanol–water partition coefficient (Wildman–Crippen LogP) is 3.26. The van der Waals surface area contributed by atoms with E-state index in [2.05, 4.69) is 0 Å². The summed E-state index contributed by atoms with van der Waals surface area (Å²) in [7, 11) is -1.29. The number of sulfone groups is 1. The molecular formula is C16H18FNO2S. The van der Waals surface area contributed by atoms with Gasteiger partial charge in [0.2, 0.25) is 0 Å². The average Bonchev–Trinajstić information content (AvgIpc) is 2.47. The molecule has 21 heavy (non-hydrogen) atoms. The third-order valence-electron chi connectivity index (χ3n) is 3.33. The monoisotopic (exact) mass is 307 g/mol. The summed E-state index contributed by atoms with van der Waals surface area (Å²) in [6.07, 6.45) is 0. The highest BCUT2D eigenvalue weighted by Crippen LogP contribution is 2.19. The maximum absolute atomic E-state index is 13.2. The molecule has 5 heteroatoms. The molecule has 0 amide bonds. The first-order valence-corrected chi connectivity index (χ1v) is 8.36. The first-order valence-electron chi connectivity index (χ1n) is 6.71. The summed E-state index contributed by atoms with van der Waals surface area (Å²) in [4.78, 5) is 2.27. The number of hydrogen-bond acceptors (Lipinski definition) is 3. The summed E-state index contributed by atoms with van der Waals surface area (Å²) in [5.41, 5.74) is 1.75. The van der Waals surface area contributed by atoms with Crippen LogP contribution in [0.2, 0.25) is 0 Å². The lowest BCUT2D eigenvalue weighted by Crippen LogP contribution is -2.16. The Balaban J connectivity index is 2.15. The molecule has 0 radical (unpaired) electrons. The molecule has 0 aliphatic heterocycles. The number of rotatable bonds is 5. The third kappa shape index (κ3) is 3.82. The van der Waals surface area contributed by atoms with Crippen LogP contribution in [0.3, 0.4) is 0 Å². The standard InChI is InChI=1S/C16H18FNO2S/c1-3-21(19,20)16-9-7-15(8-10-16)18(2)12-13-5-4-6-14(17)11-13/h4-11H,3,12H2,1-2H3. The average molecular weight is 307 g/mol. The van der Waals surface area contributed by atoms with Crippen molar-refractivity contribution in [3.05, 3.63) is 59.9 Å². The zero-order chi connectivity index (χ0) is 15.5. The summed E-state index contributed by atoms with van der Waals surface area (Å²) in [5.74, 6) is -0.170. The van der Waals surface area contributed by atoms with Crippen molar-refractivity contribution in [2.45, 2.75) is 18.4 Å². The Morgan fingerprint density at radius 1 is 1.10 bits per heavy atom. The molecule has 3 nitrogen and oxygen atoms in total. The number of halogens is 1. The summed E-state index contributed by atoms with van der Waals surface area (Å²) in [6.45, 7) is 2.18. The van der Waals surface area contributed by atoms with Crippen LogP contribution in [0.25, 0.3) is 0 Å². The highest BCUT2D eigenvalue weighted by atomic mass is 32.2. The molecule has 2 aromatic carbocycles. The Morgan fingerprint density at radius 3 is 2.33 bits per heavy atom. The van der Waals surface area contributed by atoms with Crippen LogP contribution in [-0.2, 0) is 16.4 Å². The summed E-state index contributed by atoms with van der Waals surface area (Å²) in [5, 5.41) is 0. The molecule has 0 aliphatic carbocycles. The zero-order valence-electron chi connectivity index (χ0n) is 12.1. The maximum atomic E-state index is 13.2. The first kappa shape index (κ1) is 15.5. The van der Waals surface area contributed by atoms with Crippen LogP contribution in [-0.4, -0.2) is 21.2 Å². The molecule has 2 rings (SSSR count). The van der Waals surface area contributed by atoms with Crippen LogP contribution in [0.15, 0.2) is 53.4 Å². The Hall–Kier alpha value is -1.88. The SMILES string of the molecule is CCS(=O)(=O)c1ccc(N(C)Cc2cccc(F)c2)cc1. The number of nitrogens with zero attached hydrogens (tertiary/aromatic N) is 1. The van der Waals surface area contributed by atoms with E-state index in [0.717, 1.165) is 11.3 Å². The number of anilines is 1.